The summed E-state index contributed by atoms with van der Waals surface area (Å²) in [4.78, 5) is 20.1. The second-order valence-electron chi connectivity index (χ2n) is 9.89. The number of nitrogens with zero attached hydrogens (tertiary/aromatic N) is 2. The molecule has 0 radical (unpaired) electrons. The minimum absolute atomic E-state index is 0.243. The Morgan fingerprint density at radius 1 is 1.23 bits per heavy atom. The number of hydrogen-bond donors (Lipinski definition) is 3. The number of amides is 1. The third-order valence-corrected chi connectivity index (χ3v) is 8.85. The van der Waals surface area contributed by atoms with Gasteiger partial charge < -0.3 is 14.7 Å². The minimum Gasteiger partial charge on any atom is -0.497 e. The van der Waals surface area contributed by atoms with Gasteiger partial charge in [-0.1, -0.05) is 11.6 Å². The Morgan fingerprint density at radius 3 is 2.55 bits per heavy atom. The summed E-state index contributed by atoms with van der Waals surface area (Å²) in [7, 11) is 1.55. The maximum absolute atomic E-state index is 12.8. The summed E-state index contributed by atoms with van der Waals surface area (Å²) in [6.07, 6.45) is -2.29. The van der Waals surface area contributed by atoms with Crippen LogP contribution in [-0.4, -0.2) is 58.6 Å². The van der Waals surface area contributed by atoms with Gasteiger partial charge >= 0.3 is 6.18 Å². The lowest BCUT2D eigenvalue weighted by atomic mass is 9.73. The number of thioether (sulfide) groups is 1. The van der Waals surface area contributed by atoms with Crippen LogP contribution in [0.4, 0.5) is 13.2 Å². The molecule has 1 atom stereocenters. The van der Waals surface area contributed by atoms with Crippen LogP contribution >= 0.6 is 23.4 Å². The second kappa shape index (κ2) is 12.9. The molecule has 1 saturated heterocycles. The second-order valence-corrected chi connectivity index (χ2v) is 11.5. The molecule has 1 amide bonds. The average molecular weight is 598 g/mol. The van der Waals surface area contributed by atoms with E-state index < -0.39 is 29.2 Å². The lowest BCUT2D eigenvalue weighted by molar-refractivity contribution is -0.143. The fourth-order valence-corrected chi connectivity index (χ4v) is 6.33. The number of halogens is 4. The monoisotopic (exact) mass is 597 g/mol. The van der Waals surface area contributed by atoms with Gasteiger partial charge in [0.25, 0.3) is 0 Å². The number of aromatic nitrogens is 1. The highest BCUT2D eigenvalue weighted by atomic mass is 35.5. The van der Waals surface area contributed by atoms with Crippen LogP contribution < -0.4 is 10.2 Å². The summed E-state index contributed by atoms with van der Waals surface area (Å²) in [5.41, 5.74) is 1.46. The van der Waals surface area contributed by atoms with Gasteiger partial charge in [0.05, 0.1) is 34.7 Å². The zero-order valence-electron chi connectivity index (χ0n) is 21.9. The fraction of sp³-hybridized carbons (Fsp3) is 0.429. The van der Waals surface area contributed by atoms with Crippen molar-refractivity contribution in [3.05, 3.63) is 64.8 Å². The van der Waals surface area contributed by atoms with E-state index in [4.69, 9.17) is 16.3 Å². The van der Waals surface area contributed by atoms with Crippen LogP contribution in [0.25, 0.3) is 10.9 Å². The number of fused-ring (bicyclic) bond motifs is 1. The summed E-state index contributed by atoms with van der Waals surface area (Å²) in [6, 6.07) is 10.4. The van der Waals surface area contributed by atoms with Gasteiger partial charge in [-0.2, -0.15) is 13.2 Å². The number of aliphatic hydroxyl groups excluding tert-OH is 1. The third-order valence-electron chi connectivity index (χ3n) is 7.55. The molecule has 0 spiro atoms. The molecule has 2 heterocycles. The van der Waals surface area contributed by atoms with Crippen molar-refractivity contribution in [1.29, 1.82) is 0 Å². The van der Waals surface area contributed by atoms with E-state index in [-0.39, 0.29) is 6.42 Å². The predicted octanol–water partition coefficient (Wildman–Crippen LogP) is 6.11. The van der Waals surface area contributed by atoms with Gasteiger partial charge in [-0.15, -0.1) is 11.8 Å². The molecule has 2 aromatic carbocycles. The number of likely N-dealkylation sites (tertiary alicyclic amines) is 1. The van der Waals surface area contributed by atoms with E-state index >= 15 is 0 Å². The molecule has 7 nitrogen and oxygen atoms in total. The maximum Gasteiger partial charge on any atom is 0.416 e. The molecule has 4 rings (SSSR count). The molecule has 1 fully saturated rings. The molecule has 12 heteroatoms. The first kappa shape index (κ1) is 30.4. The first-order valence-corrected chi connectivity index (χ1v) is 14.2. The number of pyridine rings is 1. The van der Waals surface area contributed by atoms with Gasteiger partial charge in [0, 0.05) is 34.3 Å². The topological polar surface area (TPSA) is 94.9 Å². The number of benzene rings is 2. The summed E-state index contributed by atoms with van der Waals surface area (Å²) in [5, 5.41) is 21.6. The van der Waals surface area contributed by atoms with Crippen LogP contribution in [0.1, 0.15) is 42.9 Å². The molecule has 1 unspecified atom stereocenters. The van der Waals surface area contributed by atoms with Gasteiger partial charge in [0.2, 0.25) is 5.91 Å². The van der Waals surface area contributed by atoms with E-state index in [0.29, 0.717) is 71.9 Å². The Balaban J connectivity index is 1.36. The highest BCUT2D eigenvalue weighted by Crippen LogP contribution is 2.41. The van der Waals surface area contributed by atoms with Gasteiger partial charge in [-0.05, 0) is 81.2 Å². The number of carbonyl (C=O) groups is 1. The Labute approximate surface area is 239 Å². The van der Waals surface area contributed by atoms with E-state index in [1.165, 1.54) is 30.1 Å². The first-order valence-electron chi connectivity index (χ1n) is 12.8. The number of nitrogens with one attached hydrogen (secondary N) is 1. The minimum atomic E-state index is -4.35. The van der Waals surface area contributed by atoms with E-state index in [9.17, 15) is 28.3 Å². The number of alkyl halides is 3. The van der Waals surface area contributed by atoms with Crippen molar-refractivity contribution in [2.45, 2.75) is 42.9 Å². The molecule has 3 N–H and O–H groups in total. The standard InChI is InChI=1S/C28H31ClF3N3O4S/c1-39-19-4-7-23-21(16-19)25(22(29)17-33-23)24(36)8-9-27(26(37)34-38)10-12-35(13-11-27)14-15-40-20-5-2-18(3-6-20)28(30,31)32/h2-7,16-17,24,36,38H,8-15H2,1H3,(H,34,37). The van der Waals surface area contributed by atoms with Crippen LogP contribution in [0.15, 0.2) is 53.6 Å². The Hall–Kier alpha value is -2.57. The van der Waals surface area contributed by atoms with E-state index in [2.05, 4.69) is 9.88 Å². The van der Waals surface area contributed by atoms with Gasteiger partial charge in [0.15, 0.2) is 0 Å². The largest absolute Gasteiger partial charge is 0.497 e. The lowest BCUT2D eigenvalue weighted by Crippen LogP contribution is -2.48. The van der Waals surface area contributed by atoms with Crippen molar-refractivity contribution in [1.82, 2.24) is 15.4 Å². The van der Waals surface area contributed by atoms with Gasteiger partial charge in [-0.3, -0.25) is 15.0 Å². The molecule has 216 valence electrons. The molecule has 0 aliphatic carbocycles. The Morgan fingerprint density at radius 2 is 1.93 bits per heavy atom. The molecular weight excluding hydrogens is 567 g/mol. The number of rotatable bonds is 10. The molecule has 0 saturated carbocycles. The first-order chi connectivity index (χ1) is 19.1. The number of hydrogen-bond acceptors (Lipinski definition) is 7. The fourth-order valence-electron chi connectivity index (χ4n) is 5.14. The van der Waals surface area contributed by atoms with Crippen molar-refractivity contribution < 1.29 is 33.0 Å². The summed E-state index contributed by atoms with van der Waals surface area (Å²) >= 11 is 7.91. The van der Waals surface area contributed by atoms with Crippen molar-refractivity contribution in [2.24, 2.45) is 5.41 Å². The molecule has 1 aromatic heterocycles. The third kappa shape index (κ3) is 7.01. The van der Waals surface area contributed by atoms with Crippen LogP contribution in [0.3, 0.4) is 0 Å². The maximum atomic E-state index is 12.8. The number of methoxy groups -OCH3 is 1. The van der Waals surface area contributed by atoms with Crippen LogP contribution in [-0.2, 0) is 11.0 Å². The predicted molar refractivity (Wildman–Crippen MR) is 148 cm³/mol. The number of piperidine rings is 1. The molecule has 1 aliphatic rings. The molecular formula is C28H31ClF3N3O4S. The smallest absolute Gasteiger partial charge is 0.416 e. The number of aliphatic hydroxyl groups is 1. The zero-order chi connectivity index (χ0) is 28.9. The highest BCUT2D eigenvalue weighted by molar-refractivity contribution is 7.99. The lowest BCUT2D eigenvalue weighted by Gasteiger charge is -2.40. The average Bonchev–Trinajstić information content (AvgIpc) is 2.95. The SMILES string of the molecule is COc1ccc2ncc(Cl)c(C(O)CCC3(C(=O)NO)CCN(CCSc4ccc(C(F)(F)F)cc4)CC3)c2c1. The Bertz CT molecular complexity index is 1320. The zero-order valence-corrected chi connectivity index (χ0v) is 23.5. The van der Waals surface area contributed by atoms with Crippen molar-refractivity contribution >= 4 is 40.2 Å². The number of ether oxygens (including phenoxy) is 1. The normalized spacial score (nSPS) is 16.6. The van der Waals surface area contributed by atoms with E-state index in [1.807, 2.05) is 5.48 Å². The molecule has 1 aliphatic heterocycles. The Kier molecular flexibility index (Phi) is 9.84. The van der Waals surface area contributed by atoms with Crippen LogP contribution in [0, 0.1) is 5.41 Å². The number of carbonyl (C=O) groups excluding carboxylic acids is 1. The van der Waals surface area contributed by atoms with Crippen molar-refractivity contribution in [2.75, 3.05) is 32.5 Å². The number of hydroxylamine groups is 1. The van der Waals surface area contributed by atoms with Crippen LogP contribution in [0.2, 0.25) is 5.02 Å². The van der Waals surface area contributed by atoms with E-state index in [0.717, 1.165) is 17.0 Å². The highest BCUT2D eigenvalue weighted by Gasteiger charge is 2.41. The molecule has 3 aromatic rings. The molecule has 40 heavy (non-hydrogen) atoms. The molecule has 0 bridgehead atoms. The summed E-state index contributed by atoms with van der Waals surface area (Å²) in [5.74, 6) is 0.802. The summed E-state index contributed by atoms with van der Waals surface area (Å²) < 4.78 is 43.6. The summed E-state index contributed by atoms with van der Waals surface area (Å²) in [6.45, 7) is 1.91. The van der Waals surface area contributed by atoms with Crippen molar-refractivity contribution in [3.63, 3.8) is 0 Å². The van der Waals surface area contributed by atoms with Crippen molar-refractivity contribution in [3.8, 4) is 5.75 Å². The van der Waals surface area contributed by atoms with Gasteiger partial charge in [0.1, 0.15) is 5.75 Å². The van der Waals surface area contributed by atoms with E-state index in [1.54, 1.807) is 25.3 Å². The quantitative estimate of drug-likeness (QED) is 0.147. The van der Waals surface area contributed by atoms with Crippen LogP contribution in [0.5, 0.6) is 5.75 Å². The van der Waals surface area contributed by atoms with Gasteiger partial charge in [-0.25, -0.2) is 5.48 Å².